The predicted octanol–water partition coefficient (Wildman–Crippen LogP) is 1.14. The predicted molar refractivity (Wildman–Crippen MR) is 78.8 cm³/mol. The highest BCUT2D eigenvalue weighted by Gasteiger charge is 2.30. The van der Waals surface area contributed by atoms with Crippen LogP contribution in [0.15, 0.2) is 0 Å². The quantitative estimate of drug-likeness (QED) is 0.848. The number of carbonyl (C=O) groups is 1. The van der Waals surface area contributed by atoms with Gasteiger partial charge in [0.15, 0.2) is 0 Å². The van der Waals surface area contributed by atoms with E-state index in [0.717, 1.165) is 19.5 Å². The number of halogens is 2. The molecule has 2 aliphatic heterocycles. The maximum atomic E-state index is 11.7. The lowest BCUT2D eigenvalue weighted by Crippen LogP contribution is -2.42. The molecule has 4 nitrogen and oxygen atoms in total. The van der Waals surface area contributed by atoms with Crippen molar-refractivity contribution in [1.82, 2.24) is 15.1 Å². The second kappa shape index (κ2) is 8.97. The average molecular weight is 298 g/mol. The third kappa shape index (κ3) is 4.57. The highest BCUT2D eigenvalue weighted by molar-refractivity contribution is 5.85. The van der Waals surface area contributed by atoms with Crippen LogP contribution in [0.3, 0.4) is 0 Å². The van der Waals surface area contributed by atoms with Crippen molar-refractivity contribution in [2.45, 2.75) is 31.7 Å². The maximum Gasteiger partial charge on any atom is 0.236 e. The zero-order valence-electron chi connectivity index (χ0n) is 11.1. The van der Waals surface area contributed by atoms with Crippen LogP contribution in [0.4, 0.5) is 0 Å². The Bertz CT molecular complexity index is 247. The van der Waals surface area contributed by atoms with Gasteiger partial charge < -0.3 is 10.2 Å². The molecule has 6 heteroatoms. The Balaban J connectivity index is 0.00000144. The molecule has 0 bridgehead atoms. The fraction of sp³-hybridized carbons (Fsp3) is 0.917. The molecule has 2 rings (SSSR count). The van der Waals surface area contributed by atoms with Crippen molar-refractivity contribution >= 4 is 30.7 Å². The van der Waals surface area contributed by atoms with Gasteiger partial charge in [-0.2, -0.15) is 0 Å². The Morgan fingerprint density at radius 1 is 1.17 bits per heavy atom. The molecular weight excluding hydrogens is 273 g/mol. The van der Waals surface area contributed by atoms with Crippen molar-refractivity contribution in [3.05, 3.63) is 0 Å². The molecule has 0 spiro atoms. The first-order valence-electron chi connectivity index (χ1n) is 6.47. The number of nitrogens with one attached hydrogen (secondary N) is 1. The van der Waals surface area contributed by atoms with Gasteiger partial charge in [-0.05, 0) is 39.4 Å². The van der Waals surface area contributed by atoms with E-state index in [1.165, 1.54) is 32.4 Å². The minimum Gasteiger partial charge on any atom is -0.340 e. The highest BCUT2D eigenvalue weighted by atomic mass is 35.5. The molecule has 2 saturated heterocycles. The molecule has 2 heterocycles. The zero-order chi connectivity index (χ0) is 11.4. The fourth-order valence-electron chi connectivity index (χ4n) is 2.81. The number of carbonyl (C=O) groups excluding carboxylic acids is 1. The van der Waals surface area contributed by atoms with Crippen LogP contribution in [0, 0.1) is 0 Å². The molecule has 0 aromatic rings. The molecule has 1 atom stereocenters. The number of likely N-dealkylation sites (tertiary alicyclic amines) is 2. The van der Waals surface area contributed by atoms with Crippen LogP contribution in [-0.4, -0.2) is 61.5 Å². The first-order chi connectivity index (χ1) is 7.81. The summed E-state index contributed by atoms with van der Waals surface area (Å²) in [6, 6.07) is 0.626. The summed E-state index contributed by atoms with van der Waals surface area (Å²) in [6.45, 7) is 4.84. The monoisotopic (exact) mass is 297 g/mol. The Hall–Kier alpha value is -0.0300. The third-order valence-corrected chi connectivity index (χ3v) is 3.75. The Morgan fingerprint density at radius 2 is 1.83 bits per heavy atom. The first-order valence-corrected chi connectivity index (χ1v) is 6.47. The van der Waals surface area contributed by atoms with Gasteiger partial charge in [0.05, 0.1) is 6.54 Å². The van der Waals surface area contributed by atoms with Crippen LogP contribution in [0.1, 0.15) is 25.7 Å². The van der Waals surface area contributed by atoms with Gasteiger partial charge in [0.2, 0.25) is 5.91 Å². The van der Waals surface area contributed by atoms with Gasteiger partial charge in [0.1, 0.15) is 0 Å². The summed E-state index contributed by atoms with van der Waals surface area (Å²) in [4.78, 5) is 16.3. The minimum absolute atomic E-state index is 0. The Labute approximate surface area is 122 Å². The maximum absolute atomic E-state index is 11.7. The van der Waals surface area contributed by atoms with Crippen molar-refractivity contribution in [3.63, 3.8) is 0 Å². The van der Waals surface area contributed by atoms with Gasteiger partial charge in [-0.3, -0.25) is 9.69 Å². The van der Waals surface area contributed by atoms with Crippen LogP contribution >= 0.6 is 24.8 Å². The average Bonchev–Trinajstić information content (AvgIpc) is 2.80. The lowest BCUT2D eigenvalue weighted by Gasteiger charge is -2.32. The molecule has 1 N–H and O–H groups in total. The number of piperidine rings is 1. The van der Waals surface area contributed by atoms with Gasteiger partial charge in [0, 0.05) is 19.1 Å². The van der Waals surface area contributed by atoms with E-state index in [1.807, 2.05) is 11.9 Å². The van der Waals surface area contributed by atoms with Gasteiger partial charge in [-0.15, -0.1) is 24.8 Å². The number of amides is 1. The molecule has 0 saturated carbocycles. The molecule has 0 aliphatic carbocycles. The van der Waals surface area contributed by atoms with Crippen LogP contribution < -0.4 is 5.32 Å². The summed E-state index contributed by atoms with van der Waals surface area (Å²) < 4.78 is 0. The number of likely N-dealkylation sites (N-methyl/N-ethyl adjacent to an activating group) is 1. The van der Waals surface area contributed by atoms with Crippen LogP contribution in [-0.2, 0) is 4.79 Å². The van der Waals surface area contributed by atoms with Crippen LogP contribution in [0.2, 0.25) is 0 Å². The summed E-state index contributed by atoms with van der Waals surface area (Å²) in [5, 5.41) is 2.93. The van der Waals surface area contributed by atoms with Gasteiger partial charge >= 0.3 is 0 Å². The van der Waals surface area contributed by atoms with E-state index in [-0.39, 0.29) is 30.7 Å². The first kappa shape index (κ1) is 18.0. The highest BCUT2D eigenvalue weighted by Crippen LogP contribution is 2.19. The normalized spacial score (nSPS) is 24.3. The topological polar surface area (TPSA) is 35.6 Å². The van der Waals surface area contributed by atoms with Crippen molar-refractivity contribution in [1.29, 1.82) is 0 Å². The van der Waals surface area contributed by atoms with E-state index >= 15 is 0 Å². The molecule has 0 radical (unpaired) electrons. The summed E-state index contributed by atoms with van der Waals surface area (Å²) >= 11 is 0. The summed E-state index contributed by atoms with van der Waals surface area (Å²) in [7, 11) is 1.83. The summed E-state index contributed by atoms with van der Waals surface area (Å²) in [5.74, 6) is 0.252. The van der Waals surface area contributed by atoms with Gasteiger partial charge in [-0.1, -0.05) is 6.42 Å². The number of hydrogen-bond donors (Lipinski definition) is 1. The lowest BCUT2D eigenvalue weighted by atomic mass is 10.1. The molecule has 2 fully saturated rings. The summed E-state index contributed by atoms with van der Waals surface area (Å²) in [6.07, 6.45) is 5.21. The SMILES string of the molecule is CNCC(=O)N1CCC(N2CCCCC2)C1.Cl.Cl. The number of nitrogens with zero attached hydrogens (tertiary/aromatic N) is 2. The number of rotatable bonds is 3. The fourth-order valence-corrected chi connectivity index (χ4v) is 2.81. The Kier molecular flexibility index (Phi) is 8.95. The standard InChI is InChI=1S/C12H23N3O.2ClH/c1-13-9-12(16)15-8-5-11(10-15)14-6-3-2-4-7-14;;/h11,13H,2-10H2,1H3;2*1H. The van der Waals surface area contributed by atoms with Crippen LogP contribution in [0.5, 0.6) is 0 Å². The second-order valence-corrected chi connectivity index (χ2v) is 4.91. The molecule has 1 amide bonds. The zero-order valence-corrected chi connectivity index (χ0v) is 12.7. The van der Waals surface area contributed by atoms with Gasteiger partial charge in [0.25, 0.3) is 0 Å². The molecule has 2 aliphatic rings. The van der Waals surface area contributed by atoms with Crippen molar-refractivity contribution in [2.75, 3.05) is 39.8 Å². The van der Waals surface area contributed by atoms with E-state index in [1.54, 1.807) is 0 Å². The van der Waals surface area contributed by atoms with Crippen molar-refractivity contribution < 1.29 is 4.79 Å². The van der Waals surface area contributed by atoms with E-state index in [9.17, 15) is 4.79 Å². The smallest absolute Gasteiger partial charge is 0.236 e. The van der Waals surface area contributed by atoms with Crippen LogP contribution in [0.25, 0.3) is 0 Å². The van der Waals surface area contributed by atoms with E-state index in [2.05, 4.69) is 10.2 Å². The minimum atomic E-state index is 0. The van der Waals surface area contributed by atoms with E-state index < -0.39 is 0 Å². The molecule has 0 aromatic carbocycles. The summed E-state index contributed by atoms with van der Waals surface area (Å²) in [5.41, 5.74) is 0. The van der Waals surface area contributed by atoms with E-state index in [4.69, 9.17) is 0 Å². The molecule has 0 aromatic heterocycles. The Morgan fingerprint density at radius 3 is 2.44 bits per heavy atom. The molecule has 108 valence electrons. The third-order valence-electron chi connectivity index (χ3n) is 3.75. The molecular formula is C12H25Cl2N3O. The lowest BCUT2D eigenvalue weighted by molar-refractivity contribution is -0.129. The van der Waals surface area contributed by atoms with Crippen molar-refractivity contribution in [2.24, 2.45) is 0 Å². The van der Waals surface area contributed by atoms with E-state index in [0.29, 0.717) is 12.6 Å². The largest absolute Gasteiger partial charge is 0.340 e. The molecule has 1 unspecified atom stereocenters. The molecule has 18 heavy (non-hydrogen) atoms. The number of hydrogen-bond acceptors (Lipinski definition) is 3. The second-order valence-electron chi connectivity index (χ2n) is 4.91. The van der Waals surface area contributed by atoms with Gasteiger partial charge in [-0.25, -0.2) is 0 Å². The van der Waals surface area contributed by atoms with Crippen molar-refractivity contribution in [3.8, 4) is 0 Å².